The number of rotatable bonds is 5. The monoisotopic (exact) mass is 203 g/mol. The molecule has 0 radical (unpaired) electrons. The number of hydrogen-bond acceptors (Lipinski definition) is 2. The molecule has 1 unspecified atom stereocenters. The number of hydrogen-bond donors (Lipinski definition) is 0. The van der Waals surface area contributed by atoms with Crippen LogP contribution in [0.3, 0.4) is 0 Å². The maximum absolute atomic E-state index is 5.54. The molecule has 76 valence electrons. The van der Waals surface area contributed by atoms with E-state index in [0.29, 0.717) is 5.88 Å². The average Bonchev–Trinajstić information content (AvgIpc) is 2.54. The first-order valence-corrected chi connectivity index (χ1v) is 5.32. The molecule has 0 aromatic rings. The molecule has 0 N–H and O–H groups in total. The van der Waals surface area contributed by atoms with Gasteiger partial charge in [0.2, 0.25) is 0 Å². The minimum Gasteiger partial charge on any atom is -0.384 e. The Hall–Kier alpha value is -0.0500. The Balaban J connectivity index is 2.13. The second kappa shape index (κ2) is 6.41. The van der Waals surface area contributed by atoms with E-state index in [0.717, 1.165) is 19.1 Å². The molecule has 1 saturated heterocycles. The maximum atomic E-state index is 5.54. The second-order valence-corrected chi connectivity index (χ2v) is 3.80. The Labute approximate surface area is 85.5 Å². The van der Waals surface area contributed by atoms with Crippen LogP contribution in [0.4, 0.5) is 0 Å². The van der Waals surface area contributed by atoms with Crippen molar-refractivity contribution in [3.8, 4) is 0 Å². The molecule has 1 atom stereocenters. The molecule has 1 aliphatic heterocycles. The highest BCUT2D eigenvalue weighted by Gasteiger charge is 2.20. The van der Waals surface area contributed by atoms with Crippen molar-refractivity contribution >= 4 is 11.6 Å². The third kappa shape index (κ3) is 4.12. The summed E-state index contributed by atoms with van der Waals surface area (Å²) in [6.07, 6.45) is 5.41. The Morgan fingerprint density at radius 1 is 1.54 bits per heavy atom. The lowest BCUT2D eigenvalue weighted by Crippen LogP contribution is -2.21. The Morgan fingerprint density at radius 2 is 2.38 bits per heavy atom. The average molecular weight is 204 g/mol. The fourth-order valence-corrected chi connectivity index (χ4v) is 1.86. The lowest BCUT2D eigenvalue weighted by Gasteiger charge is -2.12. The summed E-state index contributed by atoms with van der Waals surface area (Å²) in [5.41, 5.74) is 0. The van der Waals surface area contributed by atoms with Gasteiger partial charge in [-0.2, -0.15) is 0 Å². The number of ether oxygens (including phenoxy) is 1. The minimum atomic E-state index is 0.620. The van der Waals surface area contributed by atoms with Gasteiger partial charge in [0.15, 0.2) is 0 Å². The predicted molar refractivity (Wildman–Crippen MR) is 56.3 cm³/mol. The van der Waals surface area contributed by atoms with Crippen molar-refractivity contribution in [1.29, 1.82) is 0 Å². The quantitative estimate of drug-likeness (QED) is 0.499. The van der Waals surface area contributed by atoms with Crippen LogP contribution in [-0.4, -0.2) is 44.1 Å². The van der Waals surface area contributed by atoms with E-state index in [2.05, 4.69) is 11.0 Å². The van der Waals surface area contributed by atoms with Crippen LogP contribution in [0, 0.1) is 5.92 Å². The molecule has 0 aliphatic carbocycles. The van der Waals surface area contributed by atoms with Gasteiger partial charge in [0, 0.05) is 26.1 Å². The number of methoxy groups -OCH3 is 1. The highest BCUT2D eigenvalue weighted by molar-refractivity contribution is 6.18. The number of allylic oxidation sites excluding steroid dienone is 1. The molecule has 0 spiro atoms. The Bertz CT molecular complexity index is 161. The summed E-state index contributed by atoms with van der Waals surface area (Å²) in [5, 5.41) is 0. The molecule has 1 rings (SSSR count). The molecular formula is C10H18ClNO. The van der Waals surface area contributed by atoms with Gasteiger partial charge in [0.25, 0.3) is 0 Å². The van der Waals surface area contributed by atoms with Crippen LogP contribution in [0.5, 0.6) is 0 Å². The van der Waals surface area contributed by atoms with Crippen LogP contribution in [0.25, 0.3) is 0 Å². The van der Waals surface area contributed by atoms with Gasteiger partial charge >= 0.3 is 0 Å². The summed E-state index contributed by atoms with van der Waals surface area (Å²) >= 11 is 5.54. The first-order chi connectivity index (χ1) is 6.36. The largest absolute Gasteiger partial charge is 0.384 e. The molecule has 1 aliphatic rings. The van der Waals surface area contributed by atoms with Gasteiger partial charge in [-0.25, -0.2) is 0 Å². The zero-order chi connectivity index (χ0) is 9.52. The van der Waals surface area contributed by atoms with Crippen LogP contribution in [0.1, 0.15) is 6.42 Å². The summed E-state index contributed by atoms with van der Waals surface area (Å²) in [6, 6.07) is 0. The summed E-state index contributed by atoms with van der Waals surface area (Å²) in [6.45, 7) is 4.30. The molecule has 13 heavy (non-hydrogen) atoms. The number of likely N-dealkylation sites (tertiary alicyclic amines) is 1. The van der Waals surface area contributed by atoms with Crippen molar-refractivity contribution in [3.05, 3.63) is 12.2 Å². The van der Waals surface area contributed by atoms with Crippen LogP contribution < -0.4 is 0 Å². The zero-order valence-electron chi connectivity index (χ0n) is 8.21. The Kier molecular flexibility index (Phi) is 5.44. The lowest BCUT2D eigenvalue weighted by atomic mass is 10.1. The predicted octanol–water partition coefficient (Wildman–Crippen LogP) is 1.75. The van der Waals surface area contributed by atoms with E-state index >= 15 is 0 Å². The molecule has 1 heterocycles. The van der Waals surface area contributed by atoms with E-state index in [1.807, 2.05) is 6.08 Å². The zero-order valence-corrected chi connectivity index (χ0v) is 8.96. The summed E-state index contributed by atoms with van der Waals surface area (Å²) in [7, 11) is 1.77. The van der Waals surface area contributed by atoms with Crippen molar-refractivity contribution in [1.82, 2.24) is 4.90 Å². The first kappa shape index (κ1) is 11.0. The number of nitrogens with zero attached hydrogens (tertiary/aromatic N) is 1. The molecular weight excluding hydrogens is 186 g/mol. The van der Waals surface area contributed by atoms with Crippen LogP contribution >= 0.6 is 11.6 Å². The number of halogens is 1. The molecule has 0 aromatic carbocycles. The molecule has 0 bridgehead atoms. The molecule has 1 fully saturated rings. The van der Waals surface area contributed by atoms with Gasteiger partial charge in [-0.3, -0.25) is 4.90 Å². The van der Waals surface area contributed by atoms with E-state index in [4.69, 9.17) is 16.3 Å². The van der Waals surface area contributed by atoms with Gasteiger partial charge in [-0.1, -0.05) is 12.2 Å². The third-order valence-electron chi connectivity index (χ3n) is 2.39. The van der Waals surface area contributed by atoms with Gasteiger partial charge < -0.3 is 4.74 Å². The SMILES string of the molecule is COCC1CCN(CC=CCCl)C1. The standard InChI is InChI=1S/C10H18ClNO/c1-13-9-10-4-7-12(8-10)6-3-2-5-11/h2-3,10H,4-9H2,1H3. The van der Waals surface area contributed by atoms with Crippen LogP contribution in [0.15, 0.2) is 12.2 Å². The highest BCUT2D eigenvalue weighted by atomic mass is 35.5. The fraction of sp³-hybridized carbons (Fsp3) is 0.800. The maximum Gasteiger partial charge on any atom is 0.0503 e. The summed E-state index contributed by atoms with van der Waals surface area (Å²) in [4.78, 5) is 2.44. The van der Waals surface area contributed by atoms with Crippen molar-refractivity contribution in [2.45, 2.75) is 6.42 Å². The third-order valence-corrected chi connectivity index (χ3v) is 2.57. The van der Waals surface area contributed by atoms with Gasteiger partial charge in [0.1, 0.15) is 0 Å². The molecule has 0 amide bonds. The van der Waals surface area contributed by atoms with Gasteiger partial charge in [-0.15, -0.1) is 11.6 Å². The second-order valence-electron chi connectivity index (χ2n) is 3.50. The van der Waals surface area contributed by atoms with Crippen molar-refractivity contribution in [3.63, 3.8) is 0 Å². The first-order valence-electron chi connectivity index (χ1n) is 4.79. The summed E-state index contributed by atoms with van der Waals surface area (Å²) in [5.74, 6) is 1.35. The summed E-state index contributed by atoms with van der Waals surface area (Å²) < 4.78 is 5.13. The fourth-order valence-electron chi connectivity index (χ4n) is 1.74. The molecule has 3 heteroatoms. The molecule has 0 aromatic heterocycles. The lowest BCUT2D eigenvalue weighted by molar-refractivity contribution is 0.154. The number of alkyl halides is 1. The van der Waals surface area contributed by atoms with E-state index < -0.39 is 0 Å². The Morgan fingerprint density at radius 3 is 3.08 bits per heavy atom. The van der Waals surface area contributed by atoms with E-state index in [-0.39, 0.29) is 0 Å². The van der Waals surface area contributed by atoms with Crippen molar-refractivity contribution < 1.29 is 4.74 Å². The van der Waals surface area contributed by atoms with E-state index in [1.165, 1.54) is 19.5 Å². The van der Waals surface area contributed by atoms with Gasteiger partial charge in [-0.05, 0) is 18.9 Å². The molecule has 2 nitrogen and oxygen atoms in total. The van der Waals surface area contributed by atoms with E-state index in [9.17, 15) is 0 Å². The smallest absolute Gasteiger partial charge is 0.0503 e. The minimum absolute atomic E-state index is 0.620. The van der Waals surface area contributed by atoms with Crippen molar-refractivity contribution in [2.24, 2.45) is 5.92 Å². The van der Waals surface area contributed by atoms with E-state index in [1.54, 1.807) is 7.11 Å². The normalized spacial score (nSPS) is 24.6. The van der Waals surface area contributed by atoms with Gasteiger partial charge in [0.05, 0.1) is 6.61 Å². The van der Waals surface area contributed by atoms with Crippen LogP contribution in [0.2, 0.25) is 0 Å². The van der Waals surface area contributed by atoms with Crippen molar-refractivity contribution in [2.75, 3.05) is 39.2 Å². The topological polar surface area (TPSA) is 12.5 Å². The highest BCUT2D eigenvalue weighted by Crippen LogP contribution is 2.15. The van der Waals surface area contributed by atoms with Crippen LogP contribution in [-0.2, 0) is 4.74 Å². The molecule has 0 saturated carbocycles.